The second-order valence-electron chi connectivity index (χ2n) is 1.69. The van der Waals surface area contributed by atoms with Crippen LogP contribution >= 0.6 is 0 Å². The summed E-state index contributed by atoms with van der Waals surface area (Å²) >= 11 is 0. The van der Waals surface area contributed by atoms with E-state index in [1.807, 2.05) is 7.05 Å². The van der Waals surface area contributed by atoms with Crippen LogP contribution in [0.1, 0.15) is 13.8 Å². The average Bonchev–Trinajstić information content (AvgIpc) is 1.88. The third-order valence-electron chi connectivity index (χ3n) is 0.957. The van der Waals surface area contributed by atoms with Crippen molar-refractivity contribution >= 4 is 5.96 Å². The molecule has 0 amide bonds. The molecule has 0 bridgehead atoms. The van der Waals surface area contributed by atoms with E-state index in [2.05, 4.69) is 29.5 Å². The van der Waals surface area contributed by atoms with Gasteiger partial charge in [-0.15, -0.1) is 0 Å². The molecule has 0 aliphatic heterocycles. The Morgan fingerprint density at radius 3 is 1.89 bits per heavy atom. The maximum Gasteiger partial charge on any atom is 0.343 e. The Morgan fingerprint density at radius 2 is 1.67 bits per heavy atom. The van der Waals surface area contributed by atoms with Gasteiger partial charge < -0.3 is 0 Å². The molecule has 9 heavy (non-hydrogen) atoms. The SMILES string of the molecule is CCNC(NCC)=[NH+]C. The van der Waals surface area contributed by atoms with Crippen molar-refractivity contribution in [3.05, 3.63) is 0 Å². The molecule has 0 radical (unpaired) electrons. The Kier molecular flexibility index (Phi) is 4.97. The molecule has 0 aromatic carbocycles. The Morgan fingerprint density at radius 1 is 1.22 bits per heavy atom. The lowest BCUT2D eigenvalue weighted by Gasteiger charge is -1.98. The van der Waals surface area contributed by atoms with Crippen molar-refractivity contribution in [3.63, 3.8) is 0 Å². The molecule has 0 atom stereocenters. The van der Waals surface area contributed by atoms with Crippen LogP contribution < -0.4 is 15.6 Å². The maximum atomic E-state index is 3.13. The minimum Gasteiger partial charge on any atom is -0.281 e. The third-order valence-corrected chi connectivity index (χ3v) is 0.957. The van der Waals surface area contributed by atoms with Gasteiger partial charge in [0.15, 0.2) is 0 Å². The van der Waals surface area contributed by atoms with Gasteiger partial charge in [0.2, 0.25) is 0 Å². The summed E-state index contributed by atoms with van der Waals surface area (Å²) in [5.41, 5.74) is 0. The zero-order chi connectivity index (χ0) is 7.11. The molecule has 0 heterocycles. The molecule has 0 spiro atoms. The average molecular weight is 130 g/mol. The molecular formula is C6H16N3+. The normalized spacial score (nSPS) is 8.33. The fraction of sp³-hybridized carbons (Fsp3) is 0.833. The summed E-state index contributed by atoms with van der Waals surface area (Å²) in [6, 6.07) is 0. The molecule has 0 aliphatic rings. The molecule has 0 saturated carbocycles. The quantitative estimate of drug-likeness (QED) is 0.307. The summed E-state index contributed by atoms with van der Waals surface area (Å²) in [5, 5.41) is 6.26. The van der Waals surface area contributed by atoms with E-state index in [9.17, 15) is 0 Å². The van der Waals surface area contributed by atoms with Crippen LogP contribution in [0.5, 0.6) is 0 Å². The highest BCUT2D eigenvalue weighted by Crippen LogP contribution is 1.53. The molecule has 3 nitrogen and oxygen atoms in total. The van der Waals surface area contributed by atoms with Gasteiger partial charge in [-0.25, -0.2) is 0 Å². The van der Waals surface area contributed by atoms with Gasteiger partial charge in [0.25, 0.3) is 0 Å². The fourth-order valence-corrected chi connectivity index (χ4v) is 0.593. The van der Waals surface area contributed by atoms with E-state index in [1.165, 1.54) is 0 Å². The second-order valence-corrected chi connectivity index (χ2v) is 1.69. The largest absolute Gasteiger partial charge is 0.343 e. The predicted molar refractivity (Wildman–Crippen MR) is 39.2 cm³/mol. The summed E-state index contributed by atoms with van der Waals surface area (Å²) in [5.74, 6) is 1.00. The molecular weight excluding hydrogens is 114 g/mol. The first-order chi connectivity index (χ1) is 4.35. The van der Waals surface area contributed by atoms with Crippen molar-refractivity contribution < 1.29 is 4.99 Å². The van der Waals surface area contributed by atoms with Crippen molar-refractivity contribution in [1.29, 1.82) is 0 Å². The molecule has 0 unspecified atom stereocenters. The molecule has 54 valence electrons. The number of nitrogens with one attached hydrogen (secondary N) is 3. The van der Waals surface area contributed by atoms with Crippen LogP contribution in [-0.2, 0) is 0 Å². The van der Waals surface area contributed by atoms with E-state index in [0.29, 0.717) is 0 Å². The lowest BCUT2D eigenvalue weighted by molar-refractivity contribution is -0.425. The summed E-state index contributed by atoms with van der Waals surface area (Å²) in [4.78, 5) is 3.00. The van der Waals surface area contributed by atoms with Crippen molar-refractivity contribution in [2.75, 3.05) is 20.1 Å². The van der Waals surface area contributed by atoms with Crippen molar-refractivity contribution in [2.24, 2.45) is 0 Å². The van der Waals surface area contributed by atoms with E-state index >= 15 is 0 Å². The Bertz CT molecular complexity index is 80.3. The second kappa shape index (κ2) is 5.41. The molecule has 3 heteroatoms. The van der Waals surface area contributed by atoms with Crippen molar-refractivity contribution in [3.8, 4) is 0 Å². The molecule has 0 saturated heterocycles. The number of hydrogen-bond donors (Lipinski definition) is 3. The number of rotatable bonds is 2. The molecule has 0 aliphatic carbocycles. The van der Waals surface area contributed by atoms with Gasteiger partial charge >= 0.3 is 5.96 Å². The van der Waals surface area contributed by atoms with Gasteiger partial charge in [-0.2, -0.15) is 0 Å². The first-order valence-corrected chi connectivity index (χ1v) is 3.37. The molecule has 0 fully saturated rings. The molecule has 0 aromatic heterocycles. The lowest BCUT2D eigenvalue weighted by atomic mass is 10.7. The minimum absolute atomic E-state index is 0.948. The highest BCUT2D eigenvalue weighted by Gasteiger charge is 1.96. The van der Waals surface area contributed by atoms with Gasteiger partial charge in [-0.1, -0.05) is 0 Å². The van der Waals surface area contributed by atoms with Crippen LogP contribution in [0.25, 0.3) is 0 Å². The Hall–Kier alpha value is -0.730. The molecule has 3 N–H and O–H groups in total. The monoisotopic (exact) mass is 130 g/mol. The van der Waals surface area contributed by atoms with Crippen LogP contribution in [0.15, 0.2) is 0 Å². The summed E-state index contributed by atoms with van der Waals surface area (Å²) < 4.78 is 0. The standard InChI is InChI=1S/C6H15N3/c1-4-8-6(7-3)9-5-2/h4-5H2,1-3H3,(H2,7,8,9)/p+1. The Labute approximate surface area is 56.6 Å². The van der Waals surface area contributed by atoms with Crippen LogP contribution in [0.4, 0.5) is 0 Å². The molecule has 0 aromatic rings. The van der Waals surface area contributed by atoms with E-state index in [-0.39, 0.29) is 0 Å². The van der Waals surface area contributed by atoms with Crippen molar-refractivity contribution in [2.45, 2.75) is 13.8 Å². The molecule has 0 rings (SSSR count). The van der Waals surface area contributed by atoms with E-state index in [1.54, 1.807) is 0 Å². The fourth-order valence-electron chi connectivity index (χ4n) is 0.593. The van der Waals surface area contributed by atoms with Gasteiger partial charge in [-0.05, 0) is 13.8 Å². The van der Waals surface area contributed by atoms with Gasteiger partial charge in [0.1, 0.15) is 0 Å². The van der Waals surface area contributed by atoms with Crippen LogP contribution in [0, 0.1) is 0 Å². The minimum atomic E-state index is 0.948. The van der Waals surface area contributed by atoms with Crippen LogP contribution in [-0.4, -0.2) is 26.1 Å². The van der Waals surface area contributed by atoms with E-state index in [4.69, 9.17) is 0 Å². The van der Waals surface area contributed by atoms with Gasteiger partial charge in [-0.3, -0.25) is 15.6 Å². The summed E-state index contributed by atoms with van der Waals surface area (Å²) in [6.45, 7) is 6.02. The zero-order valence-corrected chi connectivity index (χ0v) is 6.41. The highest BCUT2D eigenvalue weighted by molar-refractivity contribution is 5.73. The predicted octanol–water partition coefficient (Wildman–Crippen LogP) is -1.73. The number of guanidine groups is 1. The van der Waals surface area contributed by atoms with Crippen molar-refractivity contribution in [1.82, 2.24) is 10.6 Å². The third kappa shape index (κ3) is 3.82. The van der Waals surface area contributed by atoms with Gasteiger partial charge in [0.05, 0.1) is 20.1 Å². The summed E-state index contributed by atoms with van der Waals surface area (Å²) in [6.07, 6.45) is 0. The first kappa shape index (κ1) is 8.27. The summed E-state index contributed by atoms with van der Waals surface area (Å²) in [7, 11) is 1.89. The first-order valence-electron chi connectivity index (χ1n) is 3.37. The maximum absolute atomic E-state index is 3.13. The number of hydrogen-bond acceptors (Lipinski definition) is 0. The van der Waals surface area contributed by atoms with Crippen LogP contribution in [0.3, 0.4) is 0 Å². The van der Waals surface area contributed by atoms with E-state index in [0.717, 1.165) is 19.0 Å². The Balaban J connectivity index is 3.43. The highest BCUT2D eigenvalue weighted by atomic mass is 15.2. The lowest BCUT2D eigenvalue weighted by Crippen LogP contribution is -2.75. The van der Waals surface area contributed by atoms with E-state index < -0.39 is 0 Å². The van der Waals surface area contributed by atoms with Gasteiger partial charge in [0, 0.05) is 0 Å². The zero-order valence-electron chi connectivity index (χ0n) is 6.41. The topological polar surface area (TPSA) is 38.0 Å². The smallest absolute Gasteiger partial charge is 0.281 e. The van der Waals surface area contributed by atoms with Crippen LogP contribution in [0.2, 0.25) is 0 Å².